The molecule has 0 atom stereocenters. The van der Waals surface area contributed by atoms with Crippen LogP contribution in [0.15, 0.2) is 28.7 Å². The Morgan fingerprint density at radius 2 is 2.00 bits per heavy atom. The minimum absolute atomic E-state index is 0.713. The summed E-state index contributed by atoms with van der Waals surface area (Å²) in [5.41, 5.74) is 0. The van der Waals surface area contributed by atoms with Crippen LogP contribution in [-0.2, 0) is 0 Å². The highest BCUT2D eigenvalue weighted by Gasteiger charge is 1.98. The van der Waals surface area contributed by atoms with Gasteiger partial charge < -0.3 is 10.1 Å². The summed E-state index contributed by atoms with van der Waals surface area (Å²) in [6.07, 6.45) is 2.53. The Labute approximate surface area is 113 Å². The van der Waals surface area contributed by atoms with E-state index in [2.05, 4.69) is 35.1 Å². The van der Waals surface area contributed by atoms with Gasteiger partial charge in [0.1, 0.15) is 12.4 Å². The number of para-hydroxylation sites is 1. The van der Waals surface area contributed by atoms with Gasteiger partial charge in [-0.3, -0.25) is 0 Å². The molecule has 2 nitrogen and oxygen atoms in total. The van der Waals surface area contributed by atoms with Crippen LogP contribution in [0.5, 0.6) is 5.75 Å². The van der Waals surface area contributed by atoms with Gasteiger partial charge >= 0.3 is 0 Å². The maximum absolute atomic E-state index is 5.66. The molecule has 0 aliphatic carbocycles. The number of halogens is 1. The van der Waals surface area contributed by atoms with E-state index in [0.29, 0.717) is 6.61 Å². The van der Waals surface area contributed by atoms with E-state index >= 15 is 0 Å². The summed E-state index contributed by atoms with van der Waals surface area (Å²) in [7, 11) is 0. The summed E-state index contributed by atoms with van der Waals surface area (Å²) in [5.74, 6) is 1.71. The van der Waals surface area contributed by atoms with Gasteiger partial charge in [0.2, 0.25) is 0 Å². The summed E-state index contributed by atoms with van der Waals surface area (Å²) >= 11 is 3.46. The summed E-state index contributed by atoms with van der Waals surface area (Å²) in [6, 6.07) is 7.94. The van der Waals surface area contributed by atoms with E-state index in [-0.39, 0.29) is 0 Å². The molecule has 0 saturated carbocycles. The molecule has 1 rings (SSSR count). The lowest BCUT2D eigenvalue weighted by Gasteiger charge is -2.09. The second-order valence-corrected chi connectivity index (χ2v) is 5.42. The molecule has 0 radical (unpaired) electrons. The Hall–Kier alpha value is -0.540. The number of nitrogens with one attached hydrogen (secondary N) is 1. The van der Waals surface area contributed by atoms with E-state index in [9.17, 15) is 0 Å². The minimum atomic E-state index is 0.713. The number of hydrogen-bond donors (Lipinski definition) is 1. The van der Waals surface area contributed by atoms with Gasteiger partial charge in [-0.1, -0.05) is 26.0 Å². The third-order valence-corrected chi connectivity index (χ3v) is 3.16. The highest BCUT2D eigenvalue weighted by molar-refractivity contribution is 9.10. The molecule has 1 aromatic rings. The van der Waals surface area contributed by atoms with Crippen molar-refractivity contribution in [2.24, 2.45) is 5.92 Å². The van der Waals surface area contributed by atoms with Crippen LogP contribution in [0.2, 0.25) is 0 Å². The zero-order valence-electron chi connectivity index (χ0n) is 10.7. The molecule has 0 unspecified atom stereocenters. The fourth-order valence-corrected chi connectivity index (χ4v) is 1.95. The smallest absolute Gasteiger partial charge is 0.133 e. The Kier molecular flexibility index (Phi) is 7.29. The summed E-state index contributed by atoms with van der Waals surface area (Å²) in [5, 5.41) is 3.39. The highest BCUT2D eigenvalue weighted by atomic mass is 79.9. The van der Waals surface area contributed by atoms with Crippen LogP contribution < -0.4 is 10.1 Å². The van der Waals surface area contributed by atoms with Crippen LogP contribution in [0, 0.1) is 5.92 Å². The fourth-order valence-electron chi connectivity index (χ4n) is 1.56. The van der Waals surface area contributed by atoms with Crippen molar-refractivity contribution in [2.75, 3.05) is 19.7 Å². The van der Waals surface area contributed by atoms with Crippen LogP contribution >= 0.6 is 15.9 Å². The van der Waals surface area contributed by atoms with Gasteiger partial charge in [-0.2, -0.15) is 0 Å². The predicted molar refractivity (Wildman–Crippen MR) is 76.6 cm³/mol. The molecule has 0 saturated heterocycles. The first-order valence-corrected chi connectivity index (χ1v) is 7.07. The summed E-state index contributed by atoms with van der Waals surface area (Å²) in [4.78, 5) is 0. The fraction of sp³-hybridized carbons (Fsp3) is 0.571. The first-order valence-electron chi connectivity index (χ1n) is 6.28. The van der Waals surface area contributed by atoms with Crippen LogP contribution in [0.25, 0.3) is 0 Å². The van der Waals surface area contributed by atoms with Crippen molar-refractivity contribution in [3.05, 3.63) is 28.7 Å². The van der Waals surface area contributed by atoms with E-state index in [1.165, 1.54) is 12.8 Å². The minimum Gasteiger partial charge on any atom is -0.491 e. The van der Waals surface area contributed by atoms with Gasteiger partial charge in [-0.15, -0.1) is 0 Å². The van der Waals surface area contributed by atoms with Gasteiger partial charge in [0.15, 0.2) is 0 Å². The Balaban J connectivity index is 2.03. The van der Waals surface area contributed by atoms with E-state index in [4.69, 9.17) is 4.74 Å². The van der Waals surface area contributed by atoms with Gasteiger partial charge in [0.25, 0.3) is 0 Å². The van der Waals surface area contributed by atoms with Crippen molar-refractivity contribution in [1.82, 2.24) is 5.32 Å². The standard InChI is InChI=1S/C14H22BrNO/c1-12(2)6-5-9-16-10-11-17-14-8-4-3-7-13(14)15/h3-4,7-8,12,16H,5-6,9-11H2,1-2H3. The summed E-state index contributed by atoms with van der Waals surface area (Å²) < 4.78 is 6.67. The molecular formula is C14H22BrNO. The van der Waals surface area contributed by atoms with Crippen LogP contribution in [0.1, 0.15) is 26.7 Å². The maximum Gasteiger partial charge on any atom is 0.133 e. The normalized spacial score (nSPS) is 10.8. The molecule has 0 aliphatic heterocycles. The second kappa shape index (κ2) is 8.54. The Bertz CT molecular complexity index is 315. The molecule has 0 bridgehead atoms. The van der Waals surface area contributed by atoms with Crippen molar-refractivity contribution >= 4 is 15.9 Å². The third-order valence-electron chi connectivity index (χ3n) is 2.51. The Morgan fingerprint density at radius 3 is 2.71 bits per heavy atom. The lowest BCUT2D eigenvalue weighted by molar-refractivity contribution is 0.311. The number of ether oxygens (including phenoxy) is 1. The molecule has 3 heteroatoms. The van der Waals surface area contributed by atoms with Crippen molar-refractivity contribution in [2.45, 2.75) is 26.7 Å². The predicted octanol–water partition coefficient (Wildman–Crippen LogP) is 3.85. The number of hydrogen-bond acceptors (Lipinski definition) is 2. The lowest BCUT2D eigenvalue weighted by atomic mass is 10.1. The monoisotopic (exact) mass is 299 g/mol. The topological polar surface area (TPSA) is 21.3 Å². The average Bonchev–Trinajstić information content (AvgIpc) is 2.30. The maximum atomic E-state index is 5.66. The van der Waals surface area contributed by atoms with Gasteiger partial charge in [-0.25, -0.2) is 0 Å². The Morgan fingerprint density at radius 1 is 1.24 bits per heavy atom. The SMILES string of the molecule is CC(C)CCCNCCOc1ccccc1Br. The highest BCUT2D eigenvalue weighted by Crippen LogP contribution is 2.23. The van der Waals surface area contributed by atoms with E-state index in [1.54, 1.807) is 0 Å². The quantitative estimate of drug-likeness (QED) is 0.736. The van der Waals surface area contributed by atoms with E-state index in [0.717, 1.165) is 29.2 Å². The zero-order valence-corrected chi connectivity index (χ0v) is 12.3. The largest absolute Gasteiger partial charge is 0.491 e. The van der Waals surface area contributed by atoms with Crippen LogP contribution in [0.3, 0.4) is 0 Å². The van der Waals surface area contributed by atoms with Crippen molar-refractivity contribution in [3.63, 3.8) is 0 Å². The molecule has 0 aliphatic rings. The molecule has 0 amide bonds. The van der Waals surface area contributed by atoms with Crippen LogP contribution in [-0.4, -0.2) is 19.7 Å². The number of benzene rings is 1. The van der Waals surface area contributed by atoms with Crippen molar-refractivity contribution in [3.8, 4) is 5.75 Å². The molecule has 1 N–H and O–H groups in total. The molecular weight excluding hydrogens is 278 g/mol. The van der Waals surface area contributed by atoms with Gasteiger partial charge in [-0.05, 0) is 53.4 Å². The van der Waals surface area contributed by atoms with E-state index < -0.39 is 0 Å². The van der Waals surface area contributed by atoms with Crippen LogP contribution in [0.4, 0.5) is 0 Å². The molecule has 0 heterocycles. The number of rotatable bonds is 8. The first kappa shape index (κ1) is 14.5. The average molecular weight is 300 g/mol. The molecule has 17 heavy (non-hydrogen) atoms. The first-order chi connectivity index (χ1) is 8.20. The van der Waals surface area contributed by atoms with Gasteiger partial charge in [0, 0.05) is 6.54 Å². The molecule has 0 spiro atoms. The van der Waals surface area contributed by atoms with Crippen molar-refractivity contribution < 1.29 is 4.74 Å². The molecule has 1 aromatic carbocycles. The zero-order chi connectivity index (χ0) is 12.5. The molecule has 0 fully saturated rings. The summed E-state index contributed by atoms with van der Waals surface area (Å²) in [6.45, 7) is 7.22. The third kappa shape index (κ3) is 6.69. The van der Waals surface area contributed by atoms with E-state index in [1.807, 2.05) is 24.3 Å². The van der Waals surface area contributed by atoms with Gasteiger partial charge in [0.05, 0.1) is 4.47 Å². The lowest BCUT2D eigenvalue weighted by Crippen LogP contribution is -2.22. The molecule has 96 valence electrons. The second-order valence-electron chi connectivity index (χ2n) is 4.56. The molecule has 0 aromatic heterocycles. The van der Waals surface area contributed by atoms with Crippen molar-refractivity contribution in [1.29, 1.82) is 0 Å².